The van der Waals surface area contributed by atoms with Crippen LogP contribution in [0.25, 0.3) is 180 Å². The van der Waals surface area contributed by atoms with Crippen LogP contribution in [0.3, 0.4) is 0 Å². The lowest BCUT2D eigenvalue weighted by Crippen LogP contribution is -2.31. The summed E-state index contributed by atoms with van der Waals surface area (Å²) in [5.74, 6) is 5.89. The number of aromatic nitrogens is 9. The molecule has 13 nitrogen and oxygen atoms in total. The molecule has 18 heteroatoms. The number of fused-ring (bicyclic) bond motifs is 20. The predicted octanol–water partition coefficient (Wildman–Crippen LogP) is 29.1. The minimum atomic E-state index is -1.47. The zero-order chi connectivity index (χ0) is 101. The van der Waals surface area contributed by atoms with Gasteiger partial charge in [0.2, 0.25) is 0 Å². The summed E-state index contributed by atoms with van der Waals surface area (Å²) in [6, 6.07) is 174. The first-order chi connectivity index (χ1) is 73.2. The van der Waals surface area contributed by atoms with Gasteiger partial charge in [0.05, 0.1) is 10.8 Å². The van der Waals surface area contributed by atoms with Crippen LogP contribution in [0.4, 0.5) is 0 Å². The summed E-state index contributed by atoms with van der Waals surface area (Å²) >= 11 is 15.3. The molecule has 2 spiro atoms. The fourth-order valence-electron chi connectivity index (χ4n) is 20.9. The molecule has 3 heterocycles. The standard InChI is InChI=1S/C52H33N3.C27H18ClN3.C25H17BO2.C21H14BrN3.C6H6BClO2/c1-3-15-34(16-4-1)49-53-50(35-17-5-2-6-18-35)55-51(54-49)40-22-14-21-38(32-40)36-19-13-20-37(31-36)39-29-30-48-44(33-39)43-25-9-12-28-47(43)52(48)45-26-10-7-23-41(45)42-24-8-11-27-46(42)52;28-24-16-8-14-22(18-24)21-13-7-15-23(17-21)27-30-25(19-9-3-1-4-10-19)29-26(31-27)20-11-5-2-6-12-20;27-26(28)16-13-14-24-20(15-16)19-9-3-6-12-23(19)25(24)21-10-4-1-7-17(21)18-8-2-5-11-22(18)25;22-18-13-7-12-17(14-18)21-24-19(15-8-3-1-4-9-15)23-20(25-21)16-10-5-2-6-11-16;8-6-3-1-2-5(4-6)7(9)10/h1-33H;1-18H;1-15,27-28H;1-14H;1-4,9-10H. The maximum Gasteiger partial charge on any atom is 0.488 e. The van der Waals surface area contributed by atoms with Crippen molar-refractivity contribution < 1.29 is 20.1 Å². The SMILES string of the molecule is Brc1cccc(-c2nc(-c3ccccc3)nc(-c3ccccc3)n2)c1.Clc1cccc(-c2cccc(-c3nc(-c4ccccc4)nc(-c4ccccc4)n3)c2)c1.OB(O)c1ccc2c(c1)-c1ccccc1C21c2ccccc2-c2ccccc21.OB(O)c1cccc(Cl)c1.c1ccc(-c2nc(-c3ccccc3)nc(-c3cccc(-c4cccc(-c5ccc6c(c5)-c5ccccc5C65c6ccccc6-c6ccccc65)c4)c3)n2)cc1. The molecule has 0 unspecified atom stereocenters. The van der Waals surface area contributed by atoms with Gasteiger partial charge in [0.1, 0.15) is 0 Å². The normalized spacial score (nSPS) is 12.1. The average molecular weight is 2020 g/mol. The smallest absolute Gasteiger partial charge is 0.423 e. The topological polar surface area (TPSA) is 197 Å². The number of nitrogens with zero attached hydrogens (tertiary/aromatic N) is 9. The van der Waals surface area contributed by atoms with Crippen LogP contribution < -0.4 is 10.9 Å². The minimum Gasteiger partial charge on any atom is -0.423 e. The van der Waals surface area contributed by atoms with Crippen LogP contribution in [-0.2, 0) is 10.8 Å². The molecule has 3 aromatic heterocycles. The average Bonchev–Trinajstić information content (AvgIpc) is 1.51. The van der Waals surface area contributed by atoms with Crippen molar-refractivity contribution in [1.29, 1.82) is 0 Å². The second-order valence-corrected chi connectivity index (χ2v) is 38.3. The van der Waals surface area contributed by atoms with Gasteiger partial charge in [-0.1, -0.05) is 488 Å². The van der Waals surface area contributed by atoms with Crippen molar-refractivity contribution in [2.24, 2.45) is 0 Å². The van der Waals surface area contributed by atoms with Crippen molar-refractivity contribution in [1.82, 2.24) is 44.9 Å². The molecule has 149 heavy (non-hydrogen) atoms. The third-order valence-corrected chi connectivity index (χ3v) is 28.5. The zero-order valence-corrected chi connectivity index (χ0v) is 83.2. The van der Waals surface area contributed by atoms with Crippen LogP contribution in [0, 0.1) is 0 Å². The first kappa shape index (κ1) is 95.0. The zero-order valence-electron chi connectivity index (χ0n) is 80.1. The quantitative estimate of drug-likeness (QED) is 0.0751. The van der Waals surface area contributed by atoms with Gasteiger partial charge in [-0.25, -0.2) is 44.9 Å². The maximum atomic E-state index is 9.73. The van der Waals surface area contributed by atoms with Gasteiger partial charge in [-0.05, 0) is 194 Å². The first-order valence-corrected chi connectivity index (χ1v) is 50.6. The van der Waals surface area contributed by atoms with E-state index in [0.717, 1.165) is 87.9 Å². The molecule has 0 saturated heterocycles. The lowest BCUT2D eigenvalue weighted by atomic mass is 9.70. The van der Waals surface area contributed by atoms with E-state index in [9.17, 15) is 10.0 Å². The van der Waals surface area contributed by atoms with Gasteiger partial charge in [-0.15, -0.1) is 0 Å². The summed E-state index contributed by atoms with van der Waals surface area (Å²) in [4.78, 5) is 43.3. The summed E-state index contributed by atoms with van der Waals surface area (Å²) in [6.07, 6.45) is 0. The number of rotatable bonds is 14. The third-order valence-electron chi connectivity index (χ3n) is 27.6. The Kier molecular flexibility index (Phi) is 26.7. The van der Waals surface area contributed by atoms with Gasteiger partial charge in [0, 0.05) is 64.6 Å². The van der Waals surface area contributed by atoms with Crippen molar-refractivity contribution in [2.45, 2.75) is 10.8 Å². The van der Waals surface area contributed by atoms with E-state index in [-0.39, 0.29) is 10.8 Å². The Morgan fingerprint density at radius 1 is 0.161 bits per heavy atom. The molecule has 0 bridgehead atoms. The summed E-state index contributed by atoms with van der Waals surface area (Å²) < 4.78 is 0.993. The number of hydrogen-bond donors (Lipinski definition) is 4. The Morgan fingerprint density at radius 2 is 0.369 bits per heavy atom. The van der Waals surface area contributed by atoms with E-state index in [1.54, 1.807) is 18.2 Å². The van der Waals surface area contributed by atoms with Gasteiger partial charge in [-0.2, -0.15) is 0 Å². The van der Waals surface area contributed by atoms with Crippen LogP contribution in [0.5, 0.6) is 0 Å². The Bertz CT molecular complexity index is 8670. The Labute approximate surface area is 882 Å². The van der Waals surface area contributed by atoms with Crippen LogP contribution >= 0.6 is 39.1 Å². The van der Waals surface area contributed by atoms with Crippen LogP contribution in [0.1, 0.15) is 44.5 Å². The van der Waals surface area contributed by atoms with E-state index in [0.29, 0.717) is 73.4 Å². The van der Waals surface area contributed by atoms with Gasteiger partial charge in [-0.3, -0.25) is 0 Å². The van der Waals surface area contributed by atoms with Gasteiger partial charge < -0.3 is 20.1 Å². The molecule has 0 saturated carbocycles. The van der Waals surface area contributed by atoms with Gasteiger partial charge in [0.15, 0.2) is 52.4 Å². The molecule has 4 aliphatic carbocycles. The number of hydrogen-bond acceptors (Lipinski definition) is 13. The molecule has 708 valence electrons. The predicted molar refractivity (Wildman–Crippen MR) is 608 cm³/mol. The highest BCUT2D eigenvalue weighted by Crippen LogP contribution is 2.65. The summed E-state index contributed by atoms with van der Waals surface area (Å²) in [7, 11) is -2.91. The molecule has 0 fully saturated rings. The molecule has 0 aliphatic heterocycles. The second kappa shape index (κ2) is 41.9. The second-order valence-electron chi connectivity index (χ2n) is 36.5. The van der Waals surface area contributed by atoms with Crippen molar-refractivity contribution in [3.05, 3.63) is 569 Å². The van der Waals surface area contributed by atoms with Gasteiger partial charge in [0.25, 0.3) is 0 Å². The summed E-state index contributed by atoms with van der Waals surface area (Å²) in [5, 5.41) is 38.0. The van der Waals surface area contributed by atoms with E-state index in [1.165, 1.54) is 95.1 Å². The van der Waals surface area contributed by atoms with Crippen molar-refractivity contribution in [2.75, 3.05) is 0 Å². The summed E-state index contributed by atoms with van der Waals surface area (Å²) in [5.41, 5.74) is 36.0. The molecular formula is C131H88B2BrCl2N9O4. The molecule has 23 aromatic rings. The fraction of sp³-hybridized carbons (Fsp3) is 0.0153. The first-order valence-electron chi connectivity index (χ1n) is 49.0. The molecule has 0 amide bonds. The Balaban J connectivity index is 0.000000111. The number of benzene rings is 20. The molecule has 4 N–H and O–H groups in total. The monoisotopic (exact) mass is 2020 g/mol. The number of halogens is 3. The van der Waals surface area contributed by atoms with Crippen molar-refractivity contribution in [3.63, 3.8) is 0 Å². The highest BCUT2D eigenvalue weighted by Gasteiger charge is 2.53. The molecule has 20 aromatic carbocycles. The minimum absolute atomic E-state index is 0.338. The van der Waals surface area contributed by atoms with Gasteiger partial charge >= 0.3 is 14.2 Å². The third kappa shape index (κ3) is 18.8. The molecule has 0 radical (unpaired) electrons. The molecular weight excluding hydrogens is 1940 g/mol. The Hall–Kier alpha value is -17.5. The van der Waals surface area contributed by atoms with E-state index >= 15 is 0 Å². The van der Waals surface area contributed by atoms with Crippen LogP contribution in [0.15, 0.2) is 514 Å². The maximum absolute atomic E-state index is 9.73. The summed E-state index contributed by atoms with van der Waals surface area (Å²) in [6.45, 7) is 0. The van der Waals surface area contributed by atoms with Crippen molar-refractivity contribution in [3.8, 4) is 180 Å². The van der Waals surface area contributed by atoms with E-state index in [4.69, 9.17) is 73.1 Å². The van der Waals surface area contributed by atoms with Crippen LogP contribution in [0.2, 0.25) is 10.0 Å². The lowest BCUT2D eigenvalue weighted by molar-refractivity contribution is 0.424. The molecule has 0 atom stereocenters. The molecule has 27 rings (SSSR count). The van der Waals surface area contributed by atoms with E-state index in [1.807, 2.05) is 255 Å². The molecule has 4 aliphatic rings. The van der Waals surface area contributed by atoms with Crippen molar-refractivity contribution >= 4 is 64.3 Å². The Morgan fingerprint density at radius 3 is 0.664 bits per heavy atom. The van der Waals surface area contributed by atoms with Crippen LogP contribution in [-0.4, -0.2) is 79.2 Å². The highest BCUT2D eigenvalue weighted by molar-refractivity contribution is 9.10. The highest BCUT2D eigenvalue weighted by atomic mass is 79.9. The fourth-order valence-corrected chi connectivity index (χ4v) is 21.7. The largest absolute Gasteiger partial charge is 0.488 e. The van der Waals surface area contributed by atoms with E-state index < -0.39 is 14.2 Å². The van der Waals surface area contributed by atoms with E-state index in [2.05, 4.69) is 251 Å². The lowest BCUT2D eigenvalue weighted by Gasteiger charge is -2.30.